The molecular formula is C23H24Br2F2O7. The van der Waals surface area contributed by atoms with Crippen LogP contribution >= 0.6 is 31.9 Å². The molecule has 0 amide bonds. The van der Waals surface area contributed by atoms with Gasteiger partial charge in [-0.15, -0.1) is 0 Å². The molecule has 0 aromatic heterocycles. The molecule has 0 aliphatic rings. The fourth-order valence-corrected chi connectivity index (χ4v) is 2.80. The summed E-state index contributed by atoms with van der Waals surface area (Å²) in [6.07, 6.45) is 5.13. The van der Waals surface area contributed by atoms with E-state index < -0.39 is 5.97 Å². The molecule has 0 N–H and O–H groups in total. The van der Waals surface area contributed by atoms with E-state index in [2.05, 4.69) is 41.3 Å². The summed E-state index contributed by atoms with van der Waals surface area (Å²) < 4.78 is 40.1. The van der Waals surface area contributed by atoms with Gasteiger partial charge in [0.15, 0.2) is 6.61 Å². The highest BCUT2D eigenvalue weighted by molar-refractivity contribution is 9.10. The lowest BCUT2D eigenvalue weighted by molar-refractivity contribution is -0.191. The average Bonchev–Trinajstić information content (AvgIpc) is 2.76. The van der Waals surface area contributed by atoms with Crippen molar-refractivity contribution in [3.63, 3.8) is 0 Å². The molecule has 0 saturated carbocycles. The van der Waals surface area contributed by atoms with Crippen LogP contribution in [0.15, 0.2) is 51.4 Å². The summed E-state index contributed by atoms with van der Waals surface area (Å²) in [5.74, 6) is -0.511. The molecule has 0 heterocycles. The molecule has 11 heteroatoms. The third-order valence-corrected chi connectivity index (χ3v) is 3.99. The summed E-state index contributed by atoms with van der Waals surface area (Å²) in [6.45, 7) is 3.94. The first-order valence-corrected chi connectivity index (χ1v) is 11.1. The minimum atomic E-state index is -0.524. The lowest BCUT2D eigenvalue weighted by Gasteiger charge is -1.98. The maximum atomic E-state index is 12.8. The highest BCUT2D eigenvalue weighted by Gasteiger charge is 1.98. The second-order valence-electron chi connectivity index (χ2n) is 5.62. The van der Waals surface area contributed by atoms with Gasteiger partial charge in [0.2, 0.25) is 0 Å². The predicted octanol–water partition coefficient (Wildman–Crippen LogP) is 5.75. The van der Waals surface area contributed by atoms with Gasteiger partial charge in [0.05, 0.1) is 13.7 Å². The number of hydrogen-bond donors (Lipinski definition) is 0. The first kappa shape index (κ1) is 33.3. The Hall–Kier alpha value is -2.88. The molecular weight excluding hydrogens is 586 g/mol. The standard InChI is InChI=1S/C10H10BrF.C7H6BrFO.C5H8O4.CO2/c1-2-3-4-8-5-9(11)7-10(12)6-8;1-10-7-3-5(8)2-6(9)4-7;1-2-9-5(7)3-8-4-6;2-1-3/h3-7H,2H2,1H3;2-4H,1H3;4H,2-3H2,1H3;/b4-3+;;;. The van der Waals surface area contributed by atoms with Crippen LogP contribution in [0, 0.1) is 11.6 Å². The van der Waals surface area contributed by atoms with E-state index in [1.165, 1.54) is 31.4 Å². The maximum Gasteiger partial charge on any atom is 0.373 e. The fraction of sp³-hybridized carbons (Fsp3) is 0.261. The monoisotopic (exact) mass is 608 g/mol. The van der Waals surface area contributed by atoms with E-state index in [1.54, 1.807) is 13.0 Å². The minimum absolute atomic E-state index is 0.205. The largest absolute Gasteiger partial charge is 0.497 e. The van der Waals surface area contributed by atoms with E-state index in [0.717, 1.165) is 16.5 Å². The SMILES string of the molecule is CC/C=C/c1cc(F)cc(Br)c1.CCOC(=O)COC=O.COc1cc(F)cc(Br)c1.O=C=O. The molecule has 2 aromatic rings. The fourth-order valence-electron chi connectivity index (χ4n) is 1.88. The molecule has 0 saturated heterocycles. The molecule has 0 spiro atoms. The number of methoxy groups -OCH3 is 1. The van der Waals surface area contributed by atoms with Crippen LogP contribution in [0.5, 0.6) is 5.75 Å². The highest BCUT2D eigenvalue weighted by Crippen LogP contribution is 2.19. The molecule has 7 nitrogen and oxygen atoms in total. The Morgan fingerprint density at radius 1 is 1.00 bits per heavy atom. The second-order valence-corrected chi connectivity index (χ2v) is 7.45. The molecule has 186 valence electrons. The van der Waals surface area contributed by atoms with Gasteiger partial charge in [-0.2, -0.15) is 9.59 Å². The van der Waals surface area contributed by atoms with Crippen molar-refractivity contribution in [3.05, 3.63) is 68.6 Å². The van der Waals surface area contributed by atoms with Gasteiger partial charge in [0.1, 0.15) is 17.4 Å². The van der Waals surface area contributed by atoms with Crippen molar-refractivity contribution in [1.82, 2.24) is 0 Å². The first-order valence-electron chi connectivity index (χ1n) is 9.50. The van der Waals surface area contributed by atoms with Crippen molar-refractivity contribution in [2.45, 2.75) is 20.3 Å². The Balaban J connectivity index is 0. The number of allylic oxidation sites excluding steroid dienone is 1. The lowest BCUT2D eigenvalue weighted by Crippen LogP contribution is -2.11. The number of esters is 1. The van der Waals surface area contributed by atoms with E-state index >= 15 is 0 Å². The van der Waals surface area contributed by atoms with Gasteiger partial charge in [0, 0.05) is 15.0 Å². The van der Waals surface area contributed by atoms with Gasteiger partial charge >= 0.3 is 12.1 Å². The van der Waals surface area contributed by atoms with E-state index in [1.807, 2.05) is 25.1 Å². The van der Waals surface area contributed by atoms with Crippen molar-refractivity contribution in [1.29, 1.82) is 0 Å². The Kier molecular flexibility index (Phi) is 21.5. The van der Waals surface area contributed by atoms with E-state index in [4.69, 9.17) is 14.3 Å². The van der Waals surface area contributed by atoms with Crippen LogP contribution in [0.1, 0.15) is 25.8 Å². The highest BCUT2D eigenvalue weighted by atomic mass is 79.9. The Morgan fingerprint density at radius 2 is 1.56 bits per heavy atom. The van der Waals surface area contributed by atoms with Crippen LogP contribution in [-0.4, -0.2) is 38.9 Å². The zero-order chi connectivity index (χ0) is 26.4. The molecule has 0 atom stereocenters. The molecule has 0 radical (unpaired) electrons. The summed E-state index contributed by atoms with van der Waals surface area (Å²) in [6, 6.07) is 9.24. The Morgan fingerprint density at radius 3 is 2.00 bits per heavy atom. The van der Waals surface area contributed by atoms with Crippen molar-refractivity contribution in [2.75, 3.05) is 20.3 Å². The van der Waals surface area contributed by atoms with Gasteiger partial charge in [-0.1, -0.05) is 50.9 Å². The molecule has 0 unspecified atom stereocenters. The van der Waals surface area contributed by atoms with Crippen LogP contribution in [0.4, 0.5) is 8.78 Å². The summed E-state index contributed by atoms with van der Waals surface area (Å²) in [7, 11) is 1.50. The third kappa shape index (κ3) is 19.8. The molecule has 34 heavy (non-hydrogen) atoms. The number of halogens is 4. The average molecular weight is 610 g/mol. The number of carbonyl (C=O) groups is 2. The van der Waals surface area contributed by atoms with E-state index in [9.17, 15) is 18.4 Å². The first-order chi connectivity index (χ1) is 16.2. The van der Waals surface area contributed by atoms with Gasteiger partial charge in [0.25, 0.3) is 6.47 Å². The maximum absolute atomic E-state index is 12.8. The molecule has 0 fully saturated rings. The van der Waals surface area contributed by atoms with Crippen molar-refractivity contribution >= 4 is 56.5 Å². The van der Waals surface area contributed by atoms with Gasteiger partial charge in [-0.25, -0.2) is 13.6 Å². The van der Waals surface area contributed by atoms with E-state index in [0.29, 0.717) is 16.8 Å². The topological polar surface area (TPSA) is 96.0 Å². The Labute approximate surface area is 213 Å². The van der Waals surface area contributed by atoms with E-state index in [-0.39, 0.29) is 30.9 Å². The summed E-state index contributed by atoms with van der Waals surface area (Å²) in [5, 5.41) is 0. The Bertz CT molecular complexity index is 891. The third-order valence-electron chi connectivity index (χ3n) is 3.08. The number of hydrogen-bond acceptors (Lipinski definition) is 7. The van der Waals surface area contributed by atoms with Crippen LogP contribution in [0.3, 0.4) is 0 Å². The number of rotatable bonds is 7. The van der Waals surface area contributed by atoms with Crippen LogP contribution in [0.2, 0.25) is 0 Å². The summed E-state index contributed by atoms with van der Waals surface area (Å²) in [4.78, 5) is 36.0. The number of ether oxygens (including phenoxy) is 3. The predicted molar refractivity (Wildman–Crippen MR) is 128 cm³/mol. The van der Waals surface area contributed by atoms with Crippen LogP contribution in [0.25, 0.3) is 6.08 Å². The zero-order valence-corrected chi connectivity index (χ0v) is 21.9. The number of benzene rings is 2. The van der Waals surface area contributed by atoms with Crippen LogP contribution < -0.4 is 4.74 Å². The molecule has 0 aliphatic heterocycles. The zero-order valence-electron chi connectivity index (χ0n) is 18.7. The van der Waals surface area contributed by atoms with Crippen molar-refractivity contribution in [3.8, 4) is 5.75 Å². The molecule has 0 aliphatic carbocycles. The lowest BCUT2D eigenvalue weighted by atomic mass is 10.2. The summed E-state index contributed by atoms with van der Waals surface area (Å²) in [5.41, 5.74) is 0.892. The quantitative estimate of drug-likeness (QED) is 0.291. The molecule has 2 aromatic carbocycles. The smallest absolute Gasteiger partial charge is 0.373 e. The van der Waals surface area contributed by atoms with Crippen LogP contribution in [-0.2, 0) is 28.7 Å². The minimum Gasteiger partial charge on any atom is -0.497 e. The summed E-state index contributed by atoms with van der Waals surface area (Å²) >= 11 is 6.36. The second kappa shape index (κ2) is 21.9. The molecule has 0 bridgehead atoms. The normalized spacial score (nSPS) is 9.03. The van der Waals surface area contributed by atoms with Crippen molar-refractivity contribution in [2.24, 2.45) is 0 Å². The number of carbonyl (C=O) groups excluding carboxylic acids is 4. The molecule has 2 rings (SSSR count). The van der Waals surface area contributed by atoms with Gasteiger partial charge in [-0.3, -0.25) is 4.79 Å². The van der Waals surface area contributed by atoms with Gasteiger partial charge in [-0.05, 0) is 49.2 Å². The van der Waals surface area contributed by atoms with Gasteiger partial charge < -0.3 is 14.2 Å². The van der Waals surface area contributed by atoms with Crippen molar-refractivity contribution < 1.29 is 42.2 Å².